The zero-order chi connectivity index (χ0) is 18.4. The fraction of sp³-hybridized carbons (Fsp3) is 0.300. The van der Waals surface area contributed by atoms with E-state index in [1.54, 1.807) is 0 Å². The van der Waals surface area contributed by atoms with Crippen molar-refractivity contribution in [1.82, 2.24) is 5.32 Å². The topological polar surface area (TPSA) is 53.2 Å². The van der Waals surface area contributed by atoms with Crippen LogP contribution in [0, 0.1) is 0 Å². The number of hydrogen-bond acceptors (Lipinski definition) is 2. The van der Waals surface area contributed by atoms with E-state index in [1.807, 2.05) is 55.5 Å². The Morgan fingerprint density at radius 1 is 1.00 bits per heavy atom. The van der Waals surface area contributed by atoms with Crippen LogP contribution < -0.4 is 16.0 Å². The molecular weight excluding hydrogens is 330 g/mol. The minimum Gasteiger partial charge on any atom is -0.363 e. The lowest BCUT2D eigenvalue weighted by Gasteiger charge is -2.19. The molecule has 0 aliphatic rings. The summed E-state index contributed by atoms with van der Waals surface area (Å²) in [6, 6.07) is 15.2. The Balaban J connectivity index is 2.06. The molecule has 3 N–H and O–H groups in total. The smallest absolute Gasteiger partial charge is 0.255 e. The summed E-state index contributed by atoms with van der Waals surface area (Å²) in [6.07, 6.45) is 0. The van der Waals surface area contributed by atoms with Gasteiger partial charge in [0.15, 0.2) is 5.11 Å². The van der Waals surface area contributed by atoms with Gasteiger partial charge >= 0.3 is 0 Å². The van der Waals surface area contributed by atoms with Crippen LogP contribution in [-0.2, 0) is 5.41 Å². The monoisotopic (exact) mass is 355 g/mol. The van der Waals surface area contributed by atoms with Crippen molar-refractivity contribution in [2.75, 3.05) is 17.2 Å². The summed E-state index contributed by atoms with van der Waals surface area (Å²) in [5.41, 5.74) is 3.45. The fourth-order valence-corrected chi connectivity index (χ4v) is 2.60. The minimum atomic E-state index is -0.133. The first-order valence-electron chi connectivity index (χ1n) is 8.36. The Labute approximate surface area is 155 Å². The van der Waals surface area contributed by atoms with Crippen molar-refractivity contribution in [3.05, 3.63) is 59.7 Å². The van der Waals surface area contributed by atoms with E-state index in [2.05, 4.69) is 36.7 Å². The molecule has 0 aliphatic carbocycles. The SMILES string of the molecule is CCNC(=S)Nc1cccc(NC(=O)c2ccc(C(C)(C)C)cc2)c1. The van der Waals surface area contributed by atoms with Crippen LogP contribution in [0.4, 0.5) is 11.4 Å². The van der Waals surface area contributed by atoms with E-state index in [-0.39, 0.29) is 11.3 Å². The van der Waals surface area contributed by atoms with E-state index >= 15 is 0 Å². The molecule has 0 saturated heterocycles. The number of hydrogen-bond donors (Lipinski definition) is 3. The number of carbonyl (C=O) groups excluding carboxylic acids is 1. The van der Waals surface area contributed by atoms with Crippen molar-refractivity contribution in [3.8, 4) is 0 Å². The van der Waals surface area contributed by atoms with Gasteiger partial charge in [-0.25, -0.2) is 0 Å². The zero-order valence-corrected chi connectivity index (χ0v) is 16.0. The lowest BCUT2D eigenvalue weighted by atomic mass is 9.87. The number of amides is 1. The Morgan fingerprint density at radius 3 is 2.16 bits per heavy atom. The summed E-state index contributed by atoms with van der Waals surface area (Å²) in [4.78, 5) is 12.4. The van der Waals surface area contributed by atoms with Crippen molar-refractivity contribution in [3.63, 3.8) is 0 Å². The molecule has 0 radical (unpaired) electrons. The minimum absolute atomic E-state index is 0.0694. The lowest BCUT2D eigenvalue weighted by molar-refractivity contribution is 0.102. The molecule has 2 rings (SSSR count). The molecule has 0 bridgehead atoms. The predicted molar refractivity (Wildman–Crippen MR) is 109 cm³/mol. The maximum Gasteiger partial charge on any atom is 0.255 e. The Bertz CT molecular complexity index is 748. The third-order valence-corrected chi connectivity index (χ3v) is 3.98. The molecule has 0 fully saturated rings. The van der Waals surface area contributed by atoms with E-state index in [0.29, 0.717) is 16.4 Å². The summed E-state index contributed by atoms with van der Waals surface area (Å²) in [6.45, 7) is 9.19. The van der Waals surface area contributed by atoms with Crippen LogP contribution in [0.1, 0.15) is 43.6 Å². The van der Waals surface area contributed by atoms with Crippen LogP contribution in [0.25, 0.3) is 0 Å². The summed E-state index contributed by atoms with van der Waals surface area (Å²) >= 11 is 5.18. The van der Waals surface area contributed by atoms with Crippen LogP contribution in [0.5, 0.6) is 0 Å². The first-order valence-corrected chi connectivity index (χ1v) is 8.77. The molecule has 0 spiro atoms. The van der Waals surface area contributed by atoms with E-state index < -0.39 is 0 Å². The number of anilines is 2. The third kappa shape index (κ3) is 5.57. The van der Waals surface area contributed by atoms with Gasteiger partial charge in [-0.1, -0.05) is 39.0 Å². The van der Waals surface area contributed by atoms with Gasteiger partial charge in [0, 0.05) is 23.5 Å². The Kier molecular flexibility index (Phi) is 6.15. The molecule has 0 saturated carbocycles. The maximum atomic E-state index is 12.4. The van der Waals surface area contributed by atoms with Crippen LogP contribution in [0.3, 0.4) is 0 Å². The largest absolute Gasteiger partial charge is 0.363 e. The van der Waals surface area contributed by atoms with Gasteiger partial charge in [0.05, 0.1) is 0 Å². The summed E-state index contributed by atoms with van der Waals surface area (Å²) in [5, 5.41) is 9.60. The summed E-state index contributed by atoms with van der Waals surface area (Å²) in [7, 11) is 0. The highest BCUT2D eigenvalue weighted by Crippen LogP contribution is 2.22. The van der Waals surface area contributed by atoms with E-state index in [9.17, 15) is 4.79 Å². The van der Waals surface area contributed by atoms with Crippen molar-refractivity contribution in [2.24, 2.45) is 0 Å². The second-order valence-corrected chi connectivity index (χ2v) is 7.25. The van der Waals surface area contributed by atoms with Gasteiger partial charge in [-0.3, -0.25) is 4.79 Å². The van der Waals surface area contributed by atoms with E-state index in [4.69, 9.17) is 12.2 Å². The lowest BCUT2D eigenvalue weighted by Crippen LogP contribution is -2.27. The van der Waals surface area contributed by atoms with Crippen LogP contribution in [0.15, 0.2) is 48.5 Å². The van der Waals surface area contributed by atoms with Gasteiger partial charge in [-0.05, 0) is 60.5 Å². The second-order valence-electron chi connectivity index (χ2n) is 6.85. The molecule has 132 valence electrons. The number of nitrogens with one attached hydrogen (secondary N) is 3. The van der Waals surface area contributed by atoms with Gasteiger partial charge in [0.1, 0.15) is 0 Å². The molecule has 0 aromatic heterocycles. The van der Waals surface area contributed by atoms with Crippen molar-refractivity contribution in [1.29, 1.82) is 0 Å². The predicted octanol–water partition coefficient (Wildman–Crippen LogP) is 4.54. The molecule has 0 heterocycles. The van der Waals surface area contributed by atoms with Crippen molar-refractivity contribution in [2.45, 2.75) is 33.1 Å². The Hall–Kier alpha value is -2.40. The first kappa shape index (κ1) is 18.9. The van der Waals surface area contributed by atoms with E-state index in [0.717, 1.165) is 12.2 Å². The highest BCUT2D eigenvalue weighted by molar-refractivity contribution is 7.80. The normalized spacial score (nSPS) is 10.9. The number of carbonyl (C=O) groups is 1. The van der Waals surface area contributed by atoms with Crippen LogP contribution in [-0.4, -0.2) is 17.6 Å². The molecule has 0 atom stereocenters. The Morgan fingerprint density at radius 2 is 1.60 bits per heavy atom. The molecule has 5 heteroatoms. The van der Waals surface area contributed by atoms with E-state index in [1.165, 1.54) is 5.56 Å². The number of benzene rings is 2. The molecule has 2 aromatic rings. The highest BCUT2D eigenvalue weighted by atomic mass is 32.1. The number of rotatable bonds is 4. The standard InChI is InChI=1S/C20H25N3OS/c1-5-21-19(25)23-17-8-6-7-16(13-17)22-18(24)14-9-11-15(12-10-14)20(2,3)4/h6-13H,5H2,1-4H3,(H,22,24)(H2,21,23,25). The average Bonchev–Trinajstić information content (AvgIpc) is 2.54. The zero-order valence-electron chi connectivity index (χ0n) is 15.1. The number of thiocarbonyl (C=S) groups is 1. The third-order valence-electron chi connectivity index (χ3n) is 3.73. The quantitative estimate of drug-likeness (QED) is 0.705. The average molecular weight is 356 g/mol. The first-order chi connectivity index (χ1) is 11.8. The van der Waals surface area contributed by atoms with Gasteiger partial charge in [-0.2, -0.15) is 0 Å². The summed E-state index contributed by atoms with van der Waals surface area (Å²) < 4.78 is 0. The maximum absolute atomic E-state index is 12.4. The molecule has 4 nitrogen and oxygen atoms in total. The molecular formula is C20H25N3OS. The molecule has 1 amide bonds. The van der Waals surface area contributed by atoms with Crippen LogP contribution >= 0.6 is 12.2 Å². The highest BCUT2D eigenvalue weighted by Gasteiger charge is 2.14. The van der Waals surface area contributed by atoms with Gasteiger partial charge in [-0.15, -0.1) is 0 Å². The second kappa shape index (κ2) is 8.12. The fourth-order valence-electron chi connectivity index (χ4n) is 2.34. The molecule has 0 aliphatic heterocycles. The van der Waals surface area contributed by atoms with Gasteiger partial charge < -0.3 is 16.0 Å². The molecule has 0 unspecified atom stereocenters. The van der Waals surface area contributed by atoms with Crippen molar-refractivity contribution < 1.29 is 4.79 Å². The van der Waals surface area contributed by atoms with Gasteiger partial charge in [0.2, 0.25) is 0 Å². The molecule has 2 aromatic carbocycles. The summed E-state index contributed by atoms with van der Waals surface area (Å²) in [5.74, 6) is -0.133. The molecule has 25 heavy (non-hydrogen) atoms. The van der Waals surface area contributed by atoms with Crippen LogP contribution in [0.2, 0.25) is 0 Å². The van der Waals surface area contributed by atoms with Gasteiger partial charge in [0.25, 0.3) is 5.91 Å². The van der Waals surface area contributed by atoms with Crippen molar-refractivity contribution >= 4 is 34.6 Å².